The first-order valence-electron chi connectivity index (χ1n) is 9.12. The smallest absolute Gasteiger partial charge is 0.263 e. The molecule has 2 aromatic rings. The summed E-state index contributed by atoms with van der Waals surface area (Å²) in [6.07, 6.45) is -0.571. The molecule has 1 aliphatic rings. The van der Waals surface area contributed by atoms with Crippen molar-refractivity contribution >= 4 is 29.9 Å². The highest BCUT2D eigenvalue weighted by Crippen LogP contribution is 2.19. The second-order valence-electron chi connectivity index (χ2n) is 6.73. The number of carbonyl (C=O) groups is 2. The van der Waals surface area contributed by atoms with Crippen molar-refractivity contribution in [1.29, 1.82) is 0 Å². The highest BCUT2D eigenvalue weighted by Gasteiger charge is 2.28. The zero-order valence-corrected chi connectivity index (χ0v) is 16.9. The SMILES string of the molecule is Cc1ccccc1OC(C)C(=O)N1CCN(C(=O)c2ccccc2N)CC1.Cl. The number of hydrogen-bond acceptors (Lipinski definition) is 4. The average molecular weight is 404 g/mol. The van der Waals surface area contributed by atoms with E-state index in [4.69, 9.17) is 10.5 Å². The van der Waals surface area contributed by atoms with Crippen LogP contribution in [0.3, 0.4) is 0 Å². The molecule has 1 saturated heterocycles. The summed E-state index contributed by atoms with van der Waals surface area (Å²) in [4.78, 5) is 28.8. The van der Waals surface area contributed by atoms with Gasteiger partial charge in [-0.1, -0.05) is 30.3 Å². The fraction of sp³-hybridized carbons (Fsp3) is 0.333. The number of para-hydroxylation sites is 2. The van der Waals surface area contributed by atoms with Crippen LogP contribution in [0.5, 0.6) is 5.75 Å². The lowest BCUT2D eigenvalue weighted by atomic mass is 10.1. The molecular formula is C21H26ClN3O3. The number of piperazine rings is 1. The summed E-state index contributed by atoms with van der Waals surface area (Å²) in [7, 11) is 0. The molecule has 1 aliphatic heterocycles. The molecule has 1 fully saturated rings. The third-order valence-corrected chi connectivity index (χ3v) is 4.81. The van der Waals surface area contributed by atoms with E-state index in [0.29, 0.717) is 43.2 Å². The number of amides is 2. The molecule has 0 aromatic heterocycles. The number of anilines is 1. The molecule has 1 unspecified atom stereocenters. The molecule has 6 nitrogen and oxygen atoms in total. The third kappa shape index (κ3) is 4.75. The predicted molar refractivity (Wildman–Crippen MR) is 112 cm³/mol. The number of ether oxygens (including phenoxy) is 1. The first kappa shape index (κ1) is 21.6. The fourth-order valence-electron chi connectivity index (χ4n) is 3.18. The molecule has 0 spiro atoms. The van der Waals surface area contributed by atoms with E-state index in [1.807, 2.05) is 31.2 Å². The highest BCUT2D eigenvalue weighted by atomic mass is 35.5. The Hall–Kier alpha value is -2.73. The molecule has 1 heterocycles. The Kier molecular flexibility index (Phi) is 7.29. The molecule has 0 aliphatic carbocycles. The van der Waals surface area contributed by atoms with Crippen LogP contribution >= 0.6 is 12.4 Å². The maximum Gasteiger partial charge on any atom is 0.263 e. The van der Waals surface area contributed by atoms with Crippen molar-refractivity contribution in [3.63, 3.8) is 0 Å². The summed E-state index contributed by atoms with van der Waals surface area (Å²) >= 11 is 0. The summed E-state index contributed by atoms with van der Waals surface area (Å²) in [5, 5.41) is 0. The number of rotatable bonds is 4. The van der Waals surface area contributed by atoms with Crippen molar-refractivity contribution in [2.45, 2.75) is 20.0 Å². The van der Waals surface area contributed by atoms with E-state index in [2.05, 4.69) is 0 Å². The van der Waals surface area contributed by atoms with E-state index >= 15 is 0 Å². The summed E-state index contributed by atoms with van der Waals surface area (Å²) in [5.41, 5.74) is 7.88. The van der Waals surface area contributed by atoms with E-state index in [0.717, 1.165) is 5.56 Å². The average Bonchev–Trinajstić information content (AvgIpc) is 2.69. The maximum absolute atomic E-state index is 12.7. The Morgan fingerprint density at radius 3 is 2.18 bits per heavy atom. The van der Waals surface area contributed by atoms with Gasteiger partial charge < -0.3 is 20.3 Å². The van der Waals surface area contributed by atoms with Gasteiger partial charge in [0.05, 0.1) is 5.56 Å². The van der Waals surface area contributed by atoms with E-state index < -0.39 is 6.10 Å². The molecule has 2 aromatic carbocycles. The summed E-state index contributed by atoms with van der Waals surface area (Å²) in [5.74, 6) is 0.556. The van der Waals surface area contributed by atoms with Gasteiger partial charge in [-0.25, -0.2) is 0 Å². The highest BCUT2D eigenvalue weighted by molar-refractivity contribution is 5.99. The van der Waals surface area contributed by atoms with Crippen molar-refractivity contribution in [3.8, 4) is 5.75 Å². The lowest BCUT2D eigenvalue weighted by molar-refractivity contribution is -0.139. The molecule has 7 heteroatoms. The van der Waals surface area contributed by atoms with Crippen molar-refractivity contribution in [2.75, 3.05) is 31.9 Å². The van der Waals surface area contributed by atoms with Crippen molar-refractivity contribution in [2.24, 2.45) is 0 Å². The number of benzene rings is 2. The van der Waals surface area contributed by atoms with Gasteiger partial charge in [-0.15, -0.1) is 12.4 Å². The zero-order valence-electron chi connectivity index (χ0n) is 16.1. The second kappa shape index (κ2) is 9.46. The Morgan fingerprint density at radius 2 is 1.54 bits per heavy atom. The van der Waals surface area contributed by atoms with Gasteiger partial charge in [-0.3, -0.25) is 9.59 Å². The standard InChI is InChI=1S/C21H25N3O3.ClH/c1-15-7-3-6-10-19(15)27-16(2)20(25)23-11-13-24(14-12-23)21(26)17-8-4-5-9-18(17)22;/h3-10,16H,11-14,22H2,1-2H3;1H. The van der Waals surface area contributed by atoms with Crippen LogP contribution in [0.4, 0.5) is 5.69 Å². The molecular weight excluding hydrogens is 378 g/mol. The first-order chi connectivity index (χ1) is 13.0. The maximum atomic E-state index is 12.7. The number of hydrogen-bond donors (Lipinski definition) is 1. The number of nitrogen functional groups attached to an aromatic ring is 1. The topological polar surface area (TPSA) is 75.9 Å². The van der Waals surface area contributed by atoms with Crippen LogP contribution in [0.1, 0.15) is 22.8 Å². The summed E-state index contributed by atoms with van der Waals surface area (Å²) in [6, 6.07) is 14.7. The number of carbonyl (C=O) groups excluding carboxylic acids is 2. The zero-order chi connectivity index (χ0) is 19.4. The van der Waals surface area contributed by atoms with Gasteiger partial charge in [0, 0.05) is 31.9 Å². The van der Waals surface area contributed by atoms with E-state index in [1.165, 1.54) is 0 Å². The summed E-state index contributed by atoms with van der Waals surface area (Å²) in [6.45, 7) is 5.65. The molecule has 28 heavy (non-hydrogen) atoms. The number of halogens is 1. The quantitative estimate of drug-likeness (QED) is 0.796. The third-order valence-electron chi connectivity index (χ3n) is 4.81. The van der Waals surface area contributed by atoms with Gasteiger partial charge in [-0.05, 0) is 37.6 Å². The van der Waals surface area contributed by atoms with E-state index in [1.54, 1.807) is 41.0 Å². The van der Waals surface area contributed by atoms with Crippen LogP contribution < -0.4 is 10.5 Å². The molecule has 1 atom stereocenters. The molecule has 0 saturated carbocycles. The second-order valence-corrected chi connectivity index (χ2v) is 6.73. The lowest BCUT2D eigenvalue weighted by Crippen LogP contribution is -2.53. The van der Waals surface area contributed by atoms with Gasteiger partial charge in [-0.2, -0.15) is 0 Å². The van der Waals surface area contributed by atoms with Gasteiger partial charge in [0.25, 0.3) is 11.8 Å². The first-order valence-corrected chi connectivity index (χ1v) is 9.12. The van der Waals surface area contributed by atoms with Crippen molar-refractivity contribution < 1.29 is 14.3 Å². The van der Waals surface area contributed by atoms with Crippen molar-refractivity contribution in [1.82, 2.24) is 9.80 Å². The van der Waals surface area contributed by atoms with E-state index in [-0.39, 0.29) is 24.2 Å². The van der Waals surface area contributed by atoms with E-state index in [9.17, 15) is 9.59 Å². The Labute approximate surface area is 171 Å². The van der Waals surface area contributed by atoms with Crippen LogP contribution in [0.2, 0.25) is 0 Å². The molecule has 0 radical (unpaired) electrons. The minimum absolute atomic E-state index is 0. The normalized spacial score (nSPS) is 14.8. The molecule has 150 valence electrons. The number of nitrogens with zero attached hydrogens (tertiary/aromatic N) is 2. The van der Waals surface area contributed by atoms with Gasteiger partial charge in [0.15, 0.2) is 6.10 Å². The number of aryl methyl sites for hydroxylation is 1. The monoisotopic (exact) mass is 403 g/mol. The molecule has 2 amide bonds. The Bertz CT molecular complexity index is 835. The van der Waals surface area contributed by atoms with Crippen LogP contribution in [0.15, 0.2) is 48.5 Å². The van der Waals surface area contributed by atoms with Gasteiger partial charge in [0.1, 0.15) is 5.75 Å². The lowest BCUT2D eigenvalue weighted by Gasteiger charge is -2.36. The minimum Gasteiger partial charge on any atom is -0.481 e. The number of nitrogens with two attached hydrogens (primary N) is 1. The van der Waals surface area contributed by atoms with Crippen LogP contribution in [0.25, 0.3) is 0 Å². The molecule has 3 rings (SSSR count). The van der Waals surface area contributed by atoms with Gasteiger partial charge >= 0.3 is 0 Å². The van der Waals surface area contributed by atoms with Crippen LogP contribution in [0, 0.1) is 6.92 Å². The van der Waals surface area contributed by atoms with Crippen LogP contribution in [-0.4, -0.2) is 53.9 Å². The Balaban J connectivity index is 0.00000280. The Morgan fingerprint density at radius 1 is 0.964 bits per heavy atom. The molecule has 2 N–H and O–H groups in total. The van der Waals surface area contributed by atoms with Crippen LogP contribution in [-0.2, 0) is 4.79 Å². The molecule has 0 bridgehead atoms. The largest absolute Gasteiger partial charge is 0.481 e. The minimum atomic E-state index is -0.571. The van der Waals surface area contributed by atoms with Gasteiger partial charge in [0.2, 0.25) is 0 Å². The van der Waals surface area contributed by atoms with Crippen molar-refractivity contribution in [3.05, 3.63) is 59.7 Å². The predicted octanol–water partition coefficient (Wildman–Crippen LogP) is 2.75. The fourth-order valence-corrected chi connectivity index (χ4v) is 3.18. The summed E-state index contributed by atoms with van der Waals surface area (Å²) < 4.78 is 5.83.